The summed E-state index contributed by atoms with van der Waals surface area (Å²) >= 11 is 0. The van der Waals surface area contributed by atoms with E-state index in [0.717, 1.165) is 76.5 Å². The maximum Gasteiger partial charge on any atom is 0.224 e. The number of hydrazine groups is 1. The Kier molecular flexibility index (Phi) is 7.32. The number of carbonyl (C=O) groups excluding carboxylic acids is 1. The molecule has 0 spiro atoms. The van der Waals surface area contributed by atoms with Crippen molar-refractivity contribution in [1.29, 1.82) is 0 Å². The van der Waals surface area contributed by atoms with Crippen molar-refractivity contribution >= 4 is 40.0 Å². The molecule has 3 aromatic rings. The number of amides is 1. The number of amidine groups is 1. The van der Waals surface area contributed by atoms with Gasteiger partial charge in [0, 0.05) is 41.7 Å². The van der Waals surface area contributed by atoms with E-state index in [-0.39, 0.29) is 18.8 Å². The fourth-order valence-electron chi connectivity index (χ4n) is 6.55. The van der Waals surface area contributed by atoms with Crippen molar-refractivity contribution in [2.24, 2.45) is 10.9 Å². The molecule has 5 N–H and O–H groups in total. The van der Waals surface area contributed by atoms with Crippen LogP contribution in [-0.2, 0) is 20.8 Å². The van der Waals surface area contributed by atoms with Crippen LogP contribution in [0.1, 0.15) is 43.0 Å². The Morgan fingerprint density at radius 1 is 1.11 bits per heavy atom. The lowest BCUT2D eigenvalue weighted by Crippen LogP contribution is -2.34. The van der Waals surface area contributed by atoms with Crippen LogP contribution in [0.15, 0.2) is 72.4 Å². The zero-order chi connectivity index (χ0) is 31.1. The summed E-state index contributed by atoms with van der Waals surface area (Å²) in [6.07, 6.45) is 17.6. The molecule has 12 nitrogen and oxygen atoms in total. The number of allylic oxidation sites excluding steroid dienone is 2. The van der Waals surface area contributed by atoms with Gasteiger partial charge >= 0.3 is 0 Å². The highest BCUT2D eigenvalue weighted by Gasteiger charge is 2.40. The lowest BCUT2D eigenvalue weighted by atomic mass is 9.87. The van der Waals surface area contributed by atoms with Gasteiger partial charge < -0.3 is 30.8 Å². The number of hydrogen-bond acceptors (Lipinski definition) is 11. The molecule has 4 aliphatic heterocycles. The number of pyridine rings is 3. The van der Waals surface area contributed by atoms with Crippen LogP contribution in [0.3, 0.4) is 0 Å². The van der Waals surface area contributed by atoms with Crippen molar-refractivity contribution in [2.75, 3.05) is 35.9 Å². The first-order valence-electron chi connectivity index (χ1n) is 15.7. The second kappa shape index (κ2) is 11.8. The Balaban J connectivity index is 1.02. The molecule has 7 heterocycles. The smallest absolute Gasteiger partial charge is 0.224 e. The maximum absolute atomic E-state index is 12.8. The number of hydrogen-bond donors (Lipinski definition) is 5. The van der Waals surface area contributed by atoms with Crippen LogP contribution in [0.5, 0.6) is 0 Å². The average molecular weight is 618 g/mol. The molecular formula is C34H35N9O3. The van der Waals surface area contributed by atoms with Gasteiger partial charge in [-0.05, 0) is 74.7 Å². The molecule has 8 rings (SSSR count). The first-order chi connectivity index (χ1) is 22.5. The van der Waals surface area contributed by atoms with E-state index >= 15 is 0 Å². The number of rotatable bonds is 6. The monoisotopic (exact) mass is 617 g/mol. The Bertz CT molecular complexity index is 1830. The number of nitrogens with zero attached hydrogens (tertiary/aromatic N) is 4. The Morgan fingerprint density at radius 2 is 2.00 bits per heavy atom. The van der Waals surface area contributed by atoms with E-state index in [0.29, 0.717) is 30.4 Å². The average Bonchev–Trinajstić information content (AvgIpc) is 3.48. The van der Waals surface area contributed by atoms with Gasteiger partial charge in [0.15, 0.2) is 0 Å². The van der Waals surface area contributed by atoms with E-state index in [2.05, 4.69) is 55.0 Å². The minimum absolute atomic E-state index is 0.0132. The lowest BCUT2D eigenvalue weighted by Gasteiger charge is -2.28. The van der Waals surface area contributed by atoms with Crippen molar-refractivity contribution < 1.29 is 14.3 Å². The van der Waals surface area contributed by atoms with Crippen LogP contribution in [0.4, 0.5) is 17.1 Å². The molecule has 0 radical (unpaired) electrons. The molecule has 234 valence electrons. The van der Waals surface area contributed by atoms with Gasteiger partial charge in [-0.2, -0.15) is 0 Å². The summed E-state index contributed by atoms with van der Waals surface area (Å²) in [6, 6.07) is 5.83. The van der Waals surface area contributed by atoms with Gasteiger partial charge in [0.05, 0.1) is 47.3 Å². The fourth-order valence-corrected chi connectivity index (χ4v) is 6.55. The number of aliphatic imine (C=N–C) groups is 1. The number of aromatic nitrogens is 3. The standard InChI is InChI=1S/C34H35N9O3/c1-34-7-4-21(12-30(34)45-19-46-34)24-15-37-18-29-25(24)16-38-33(42-29)26-17-39-43-28-3-2-27(41-32(26)28)22-11-23(14-36-13-22)40-31(44)10-20-5-8-35-9-6-20/h2-4,7,11-15,17-18,20,30,35,39,43H,5-6,8-10,16,19H2,1H3,(H,38,42)(H,40,44). The Morgan fingerprint density at radius 3 is 2.91 bits per heavy atom. The van der Waals surface area contributed by atoms with Crippen LogP contribution in [0.2, 0.25) is 0 Å². The summed E-state index contributed by atoms with van der Waals surface area (Å²) in [5.74, 6) is 1.11. The van der Waals surface area contributed by atoms with Gasteiger partial charge in [0.2, 0.25) is 5.91 Å². The van der Waals surface area contributed by atoms with Crippen LogP contribution in [0.25, 0.3) is 22.4 Å². The van der Waals surface area contributed by atoms with Crippen LogP contribution < -0.4 is 26.8 Å². The second-order valence-corrected chi connectivity index (χ2v) is 12.3. The van der Waals surface area contributed by atoms with Gasteiger partial charge in [-0.3, -0.25) is 25.2 Å². The highest BCUT2D eigenvalue weighted by Crippen LogP contribution is 2.38. The highest BCUT2D eigenvalue weighted by molar-refractivity contribution is 6.29. The Labute approximate surface area is 266 Å². The first-order valence-corrected chi connectivity index (χ1v) is 15.7. The minimum atomic E-state index is -0.443. The molecule has 5 aliphatic rings. The van der Waals surface area contributed by atoms with E-state index in [1.807, 2.05) is 43.7 Å². The summed E-state index contributed by atoms with van der Waals surface area (Å²) in [7, 11) is 0. The number of piperidine rings is 1. The summed E-state index contributed by atoms with van der Waals surface area (Å²) in [6.45, 7) is 4.72. The van der Waals surface area contributed by atoms with Gasteiger partial charge in [-0.15, -0.1) is 0 Å². The van der Waals surface area contributed by atoms with Crippen molar-refractivity contribution in [3.63, 3.8) is 0 Å². The largest absolute Gasteiger partial charge is 0.345 e. The number of fused-ring (bicyclic) bond motifs is 3. The van der Waals surface area contributed by atoms with Crippen LogP contribution >= 0.6 is 0 Å². The normalized spacial score (nSPS) is 23.3. The molecular weight excluding hydrogens is 582 g/mol. The van der Waals surface area contributed by atoms with Crippen molar-refractivity contribution in [2.45, 2.75) is 44.4 Å². The molecule has 46 heavy (non-hydrogen) atoms. The number of nitrogens with one attached hydrogen (secondary N) is 5. The quantitative estimate of drug-likeness (QED) is 0.272. The molecule has 0 saturated carbocycles. The van der Waals surface area contributed by atoms with E-state index in [4.69, 9.17) is 19.5 Å². The molecule has 2 saturated heterocycles. The SMILES string of the molecule is CC12C=CC(c3cncc4c3CN=C(C3=CNNc5ccc(-c6cncc(NC(=O)CC7CCNCC7)c6)nc53)N4)=CC1OCO2. The number of carbonyl (C=O) groups is 1. The molecule has 2 unspecified atom stereocenters. The third-order valence-electron chi connectivity index (χ3n) is 9.20. The molecule has 0 bridgehead atoms. The van der Waals surface area contributed by atoms with Crippen molar-refractivity contribution in [1.82, 2.24) is 25.7 Å². The van der Waals surface area contributed by atoms with Crippen LogP contribution in [0, 0.1) is 5.92 Å². The van der Waals surface area contributed by atoms with Gasteiger partial charge in [0.25, 0.3) is 0 Å². The Hall–Kier alpha value is -4.91. The minimum Gasteiger partial charge on any atom is -0.345 e. The van der Waals surface area contributed by atoms with Crippen molar-refractivity contribution in [3.8, 4) is 11.3 Å². The predicted molar refractivity (Wildman–Crippen MR) is 176 cm³/mol. The van der Waals surface area contributed by atoms with Crippen molar-refractivity contribution in [3.05, 3.63) is 84.2 Å². The fraction of sp³-hybridized carbons (Fsp3) is 0.324. The molecule has 12 heteroatoms. The number of ether oxygens (including phenoxy) is 2. The first kappa shape index (κ1) is 28.6. The zero-order valence-electron chi connectivity index (χ0n) is 25.5. The topological polar surface area (TPSA) is 147 Å². The summed E-state index contributed by atoms with van der Waals surface area (Å²) in [5, 5.41) is 9.89. The molecule has 1 amide bonds. The second-order valence-electron chi connectivity index (χ2n) is 12.3. The van der Waals surface area contributed by atoms with Gasteiger partial charge in [-0.25, -0.2) is 4.98 Å². The van der Waals surface area contributed by atoms with E-state index in [1.165, 1.54) is 0 Å². The summed E-state index contributed by atoms with van der Waals surface area (Å²) < 4.78 is 11.6. The van der Waals surface area contributed by atoms with Gasteiger partial charge in [-0.1, -0.05) is 6.08 Å². The van der Waals surface area contributed by atoms with E-state index in [9.17, 15) is 4.79 Å². The molecule has 1 aliphatic carbocycles. The summed E-state index contributed by atoms with van der Waals surface area (Å²) in [4.78, 5) is 31.7. The molecule has 0 aromatic carbocycles. The predicted octanol–water partition coefficient (Wildman–Crippen LogP) is 4.25. The maximum atomic E-state index is 12.8. The van der Waals surface area contributed by atoms with Gasteiger partial charge in [0.1, 0.15) is 30.0 Å². The molecule has 2 atom stereocenters. The summed E-state index contributed by atoms with van der Waals surface area (Å²) in [5.41, 5.74) is 14.4. The molecule has 2 fully saturated rings. The number of anilines is 3. The third-order valence-corrected chi connectivity index (χ3v) is 9.20. The zero-order valence-corrected chi connectivity index (χ0v) is 25.5. The molecule has 3 aromatic heterocycles. The highest BCUT2D eigenvalue weighted by atomic mass is 16.7. The third kappa shape index (κ3) is 5.44. The lowest BCUT2D eigenvalue weighted by molar-refractivity contribution is -0.117. The van der Waals surface area contributed by atoms with Crippen LogP contribution in [-0.4, -0.2) is 58.3 Å². The van der Waals surface area contributed by atoms with E-state index in [1.54, 1.807) is 12.4 Å². The van der Waals surface area contributed by atoms with E-state index < -0.39 is 5.60 Å².